The van der Waals surface area contributed by atoms with Crippen molar-refractivity contribution in [1.82, 2.24) is 15.2 Å². The third kappa shape index (κ3) is 5.87. The van der Waals surface area contributed by atoms with Gasteiger partial charge in [-0.1, -0.05) is 35.4 Å². The van der Waals surface area contributed by atoms with Crippen LogP contribution in [-0.2, 0) is 17.9 Å². The van der Waals surface area contributed by atoms with Crippen LogP contribution in [0.3, 0.4) is 0 Å². The average molecular weight is 462 g/mol. The zero-order valence-electron chi connectivity index (χ0n) is 18.8. The van der Waals surface area contributed by atoms with Crippen molar-refractivity contribution in [2.75, 3.05) is 12.3 Å². The number of hydrogen-bond donors (Lipinski definition) is 2. The third-order valence-corrected chi connectivity index (χ3v) is 6.32. The summed E-state index contributed by atoms with van der Waals surface area (Å²) >= 11 is 1.51. The van der Waals surface area contributed by atoms with Crippen molar-refractivity contribution in [3.05, 3.63) is 89.5 Å². The Morgan fingerprint density at radius 2 is 1.79 bits per heavy atom. The number of para-hydroxylation sites is 1. The molecule has 0 saturated heterocycles. The van der Waals surface area contributed by atoms with Gasteiger partial charge in [-0.2, -0.15) is 0 Å². The van der Waals surface area contributed by atoms with Gasteiger partial charge >= 0.3 is 0 Å². The van der Waals surface area contributed by atoms with E-state index in [0.29, 0.717) is 31.0 Å². The molecule has 0 radical (unpaired) electrons. The standard InChI is InChI=1S/C26H27N3O3S/c1-18-12-19(2)14-20(13-18)26(31)27-9-10-29-16-24(22-7-3-4-8-23(22)29)33-17-25(30)28-15-21-6-5-11-32-21/h3-8,11-14,16H,9-10,15,17H2,1-2H3,(H,27,31)(H,28,30). The molecule has 0 saturated carbocycles. The molecule has 0 spiro atoms. The van der Waals surface area contributed by atoms with Crippen LogP contribution in [0.1, 0.15) is 27.2 Å². The molecule has 0 aliphatic carbocycles. The second-order valence-electron chi connectivity index (χ2n) is 7.98. The number of hydrogen-bond acceptors (Lipinski definition) is 4. The van der Waals surface area contributed by atoms with Crippen molar-refractivity contribution in [1.29, 1.82) is 0 Å². The fourth-order valence-corrected chi connectivity index (χ4v) is 4.72. The number of nitrogens with zero attached hydrogens (tertiary/aromatic N) is 1. The van der Waals surface area contributed by atoms with Crippen LogP contribution in [0.5, 0.6) is 0 Å². The molecule has 2 N–H and O–H groups in total. The van der Waals surface area contributed by atoms with Crippen LogP contribution in [0.15, 0.2) is 76.4 Å². The Kier molecular flexibility index (Phi) is 7.19. The van der Waals surface area contributed by atoms with E-state index in [2.05, 4.69) is 39.6 Å². The van der Waals surface area contributed by atoms with Gasteiger partial charge in [0.2, 0.25) is 5.91 Å². The summed E-state index contributed by atoms with van der Waals surface area (Å²) in [5.41, 5.74) is 3.91. The van der Waals surface area contributed by atoms with E-state index in [4.69, 9.17) is 4.42 Å². The highest BCUT2D eigenvalue weighted by atomic mass is 32.2. The van der Waals surface area contributed by atoms with Gasteiger partial charge in [-0.3, -0.25) is 9.59 Å². The van der Waals surface area contributed by atoms with Crippen LogP contribution in [0.4, 0.5) is 0 Å². The number of rotatable bonds is 9. The number of furan rings is 1. The molecule has 2 heterocycles. The molecule has 0 unspecified atom stereocenters. The maximum absolute atomic E-state index is 12.6. The van der Waals surface area contributed by atoms with Crippen LogP contribution in [-0.4, -0.2) is 28.7 Å². The number of nitrogens with one attached hydrogen (secondary N) is 2. The van der Waals surface area contributed by atoms with Gasteiger partial charge in [0.1, 0.15) is 5.76 Å². The molecule has 7 heteroatoms. The number of aromatic nitrogens is 1. The van der Waals surface area contributed by atoms with E-state index in [1.807, 2.05) is 44.2 Å². The topological polar surface area (TPSA) is 76.3 Å². The molecule has 0 aliphatic heterocycles. The summed E-state index contributed by atoms with van der Waals surface area (Å²) in [4.78, 5) is 25.9. The first-order chi connectivity index (χ1) is 16.0. The van der Waals surface area contributed by atoms with E-state index in [-0.39, 0.29) is 11.8 Å². The first-order valence-electron chi connectivity index (χ1n) is 10.9. The Hall–Kier alpha value is -3.45. The Labute approximate surface area is 197 Å². The maximum Gasteiger partial charge on any atom is 0.251 e. The Balaban J connectivity index is 1.36. The van der Waals surface area contributed by atoms with Crippen LogP contribution in [0.2, 0.25) is 0 Å². The summed E-state index contributed by atoms with van der Waals surface area (Å²) < 4.78 is 7.37. The van der Waals surface area contributed by atoms with Crippen LogP contribution < -0.4 is 10.6 Å². The lowest BCUT2D eigenvalue weighted by molar-refractivity contribution is -0.118. The molecule has 0 fully saturated rings. The third-order valence-electron chi connectivity index (χ3n) is 5.27. The largest absolute Gasteiger partial charge is 0.467 e. The average Bonchev–Trinajstić information content (AvgIpc) is 3.44. The molecular formula is C26H27N3O3S. The maximum atomic E-state index is 12.6. The molecule has 0 aliphatic rings. The lowest BCUT2D eigenvalue weighted by Crippen LogP contribution is -2.27. The molecule has 6 nitrogen and oxygen atoms in total. The zero-order chi connectivity index (χ0) is 23.2. The number of carbonyl (C=O) groups excluding carboxylic acids is 2. The summed E-state index contributed by atoms with van der Waals surface area (Å²) in [7, 11) is 0. The van der Waals surface area contributed by atoms with Crippen LogP contribution >= 0.6 is 11.8 Å². The zero-order valence-corrected chi connectivity index (χ0v) is 19.6. The highest BCUT2D eigenvalue weighted by Gasteiger charge is 2.12. The van der Waals surface area contributed by atoms with Crippen molar-refractivity contribution in [2.24, 2.45) is 0 Å². The second-order valence-corrected chi connectivity index (χ2v) is 9.00. The number of benzene rings is 2. The minimum Gasteiger partial charge on any atom is -0.467 e. The van der Waals surface area contributed by atoms with Gasteiger partial charge < -0.3 is 19.6 Å². The van der Waals surface area contributed by atoms with Gasteiger partial charge in [0.05, 0.1) is 18.6 Å². The highest BCUT2D eigenvalue weighted by molar-refractivity contribution is 8.00. The summed E-state index contributed by atoms with van der Waals surface area (Å²) in [6, 6.07) is 17.6. The number of thioether (sulfide) groups is 1. The summed E-state index contributed by atoms with van der Waals surface area (Å²) in [5.74, 6) is 0.931. The predicted molar refractivity (Wildman–Crippen MR) is 131 cm³/mol. The van der Waals surface area contributed by atoms with Gasteiger partial charge in [-0.05, 0) is 44.2 Å². The minimum absolute atomic E-state index is 0.0473. The number of carbonyl (C=O) groups is 2. The normalized spacial score (nSPS) is 11.0. The molecule has 0 atom stereocenters. The highest BCUT2D eigenvalue weighted by Crippen LogP contribution is 2.29. The van der Waals surface area contributed by atoms with E-state index < -0.39 is 0 Å². The van der Waals surface area contributed by atoms with Crippen molar-refractivity contribution in [3.63, 3.8) is 0 Å². The quantitative estimate of drug-likeness (QED) is 0.355. The van der Waals surface area contributed by atoms with E-state index >= 15 is 0 Å². The van der Waals surface area contributed by atoms with E-state index in [1.165, 1.54) is 11.8 Å². The molecule has 4 rings (SSSR count). The fourth-order valence-electron chi connectivity index (χ4n) is 3.80. The van der Waals surface area contributed by atoms with Gasteiger partial charge in [-0.15, -0.1) is 11.8 Å². The van der Waals surface area contributed by atoms with Gasteiger partial charge in [0.15, 0.2) is 0 Å². The molecule has 0 bridgehead atoms. The lowest BCUT2D eigenvalue weighted by Gasteiger charge is -2.09. The number of amides is 2. The molecule has 2 amide bonds. The molecule has 33 heavy (non-hydrogen) atoms. The van der Waals surface area contributed by atoms with Crippen molar-refractivity contribution in [3.8, 4) is 0 Å². The lowest BCUT2D eigenvalue weighted by atomic mass is 10.1. The Morgan fingerprint density at radius 1 is 1.00 bits per heavy atom. The van der Waals surface area contributed by atoms with Crippen molar-refractivity contribution >= 4 is 34.5 Å². The molecule has 170 valence electrons. The summed E-state index contributed by atoms with van der Waals surface area (Å²) in [5, 5.41) is 6.99. The molecule has 2 aromatic heterocycles. The smallest absolute Gasteiger partial charge is 0.251 e. The van der Waals surface area contributed by atoms with Gasteiger partial charge in [0, 0.05) is 40.6 Å². The van der Waals surface area contributed by atoms with Crippen LogP contribution in [0, 0.1) is 13.8 Å². The second kappa shape index (κ2) is 10.4. The minimum atomic E-state index is -0.0684. The molecule has 2 aromatic carbocycles. The van der Waals surface area contributed by atoms with Crippen molar-refractivity contribution < 1.29 is 14.0 Å². The summed E-state index contributed by atoms with van der Waals surface area (Å²) in [6.45, 7) is 5.52. The Bertz CT molecular complexity index is 1240. The van der Waals surface area contributed by atoms with E-state index in [1.54, 1.807) is 12.3 Å². The number of fused-ring (bicyclic) bond motifs is 1. The van der Waals surface area contributed by atoms with Crippen LogP contribution in [0.25, 0.3) is 10.9 Å². The molecule has 4 aromatic rings. The fraction of sp³-hybridized carbons (Fsp3) is 0.231. The monoisotopic (exact) mass is 461 g/mol. The van der Waals surface area contributed by atoms with Gasteiger partial charge in [-0.25, -0.2) is 0 Å². The Morgan fingerprint density at radius 3 is 2.55 bits per heavy atom. The predicted octanol–water partition coefficient (Wildman–Crippen LogP) is 4.69. The SMILES string of the molecule is Cc1cc(C)cc(C(=O)NCCn2cc(SCC(=O)NCc3ccco3)c3ccccc32)c1. The summed E-state index contributed by atoms with van der Waals surface area (Å²) in [6.07, 6.45) is 3.65. The number of aryl methyl sites for hydroxylation is 2. The van der Waals surface area contributed by atoms with Gasteiger partial charge in [0.25, 0.3) is 5.91 Å². The first kappa shape index (κ1) is 22.7. The molecular weight excluding hydrogens is 434 g/mol. The first-order valence-corrected chi connectivity index (χ1v) is 11.8. The van der Waals surface area contributed by atoms with Crippen molar-refractivity contribution in [2.45, 2.75) is 31.8 Å². The van der Waals surface area contributed by atoms with E-state index in [0.717, 1.165) is 32.7 Å². The van der Waals surface area contributed by atoms with E-state index in [9.17, 15) is 9.59 Å².